The molecule has 3 atom stereocenters. The third-order valence-electron chi connectivity index (χ3n) is 7.48. The smallest absolute Gasteiger partial charge is 0.251 e. The molecule has 4 nitrogen and oxygen atoms in total. The minimum Gasteiger partial charge on any atom is -0.487 e. The number of carbonyl (C=O) groups is 1. The van der Waals surface area contributed by atoms with Crippen LogP contribution in [-0.4, -0.2) is 16.4 Å². The van der Waals surface area contributed by atoms with Crippen molar-refractivity contribution in [2.45, 2.75) is 64.0 Å². The van der Waals surface area contributed by atoms with E-state index in [2.05, 4.69) is 46.7 Å². The number of nitrogens with zero attached hydrogens (tertiary/aromatic N) is 1. The van der Waals surface area contributed by atoms with E-state index in [1.54, 1.807) is 6.20 Å². The molecule has 1 N–H and O–H groups in total. The molecule has 176 valence electrons. The van der Waals surface area contributed by atoms with Crippen LogP contribution < -0.4 is 10.1 Å². The van der Waals surface area contributed by atoms with Gasteiger partial charge in [0.05, 0.1) is 5.69 Å². The van der Waals surface area contributed by atoms with Gasteiger partial charge >= 0.3 is 0 Å². The number of ether oxygens (including phenoxy) is 1. The molecule has 3 aromatic rings. The average Bonchev–Trinajstić information content (AvgIpc) is 3.45. The van der Waals surface area contributed by atoms with Crippen LogP contribution in [0.5, 0.6) is 5.75 Å². The normalized spacial score (nSPS) is 23.6. The Labute approximate surface area is 202 Å². The maximum absolute atomic E-state index is 12.6. The fourth-order valence-corrected chi connectivity index (χ4v) is 6.02. The number of carbonyl (C=O) groups excluding carboxylic acids is 1. The van der Waals surface area contributed by atoms with Gasteiger partial charge in [0.2, 0.25) is 0 Å². The van der Waals surface area contributed by atoms with E-state index < -0.39 is 0 Å². The molecule has 2 fully saturated rings. The van der Waals surface area contributed by atoms with Gasteiger partial charge in [-0.25, -0.2) is 0 Å². The highest BCUT2D eigenvalue weighted by atomic mass is 16.5. The van der Waals surface area contributed by atoms with Crippen LogP contribution in [0.25, 0.3) is 0 Å². The highest BCUT2D eigenvalue weighted by Gasteiger charge is 2.52. The highest BCUT2D eigenvalue weighted by Crippen LogP contribution is 2.60. The Morgan fingerprint density at radius 3 is 2.26 bits per heavy atom. The molecule has 1 heterocycles. The topological polar surface area (TPSA) is 51.2 Å². The van der Waals surface area contributed by atoms with E-state index in [4.69, 9.17) is 4.74 Å². The van der Waals surface area contributed by atoms with Crippen LogP contribution in [0.4, 0.5) is 0 Å². The lowest BCUT2D eigenvalue weighted by atomic mass is 9.64. The SMILES string of the molecule is CC(C)(C)NC(=O)c1ccc([C@@]2(c3ccc(OCc4ccccn4)cc3)C[C@@H]3CC[C@H]2C3)cc1. The Morgan fingerprint density at radius 2 is 1.71 bits per heavy atom. The molecule has 4 heteroatoms. The molecule has 2 aromatic carbocycles. The molecule has 2 aliphatic rings. The van der Waals surface area contributed by atoms with Crippen LogP contribution in [0, 0.1) is 11.8 Å². The van der Waals surface area contributed by atoms with E-state index in [9.17, 15) is 4.79 Å². The Kier molecular flexibility index (Phi) is 5.93. The van der Waals surface area contributed by atoms with Crippen molar-refractivity contribution in [1.29, 1.82) is 0 Å². The minimum absolute atomic E-state index is 0.0153. The third-order valence-corrected chi connectivity index (χ3v) is 7.48. The summed E-state index contributed by atoms with van der Waals surface area (Å²) in [5.41, 5.74) is 4.09. The number of nitrogens with one attached hydrogen (secondary N) is 1. The molecule has 2 saturated carbocycles. The van der Waals surface area contributed by atoms with E-state index in [-0.39, 0.29) is 16.9 Å². The van der Waals surface area contributed by atoms with Gasteiger partial charge in [-0.1, -0.05) is 36.8 Å². The number of hydrogen-bond acceptors (Lipinski definition) is 3. The first kappa shape index (κ1) is 22.6. The largest absolute Gasteiger partial charge is 0.487 e. The summed E-state index contributed by atoms with van der Waals surface area (Å²) in [7, 11) is 0. The number of hydrogen-bond donors (Lipinski definition) is 1. The second-order valence-electron chi connectivity index (χ2n) is 11.0. The number of aromatic nitrogens is 1. The van der Waals surface area contributed by atoms with Crippen molar-refractivity contribution in [2.75, 3.05) is 0 Å². The van der Waals surface area contributed by atoms with Gasteiger partial charge in [0, 0.05) is 22.7 Å². The summed E-state index contributed by atoms with van der Waals surface area (Å²) in [4.78, 5) is 17.0. The minimum atomic E-state index is -0.248. The molecule has 5 rings (SSSR count). The lowest BCUT2D eigenvalue weighted by Crippen LogP contribution is -2.40. The molecule has 34 heavy (non-hydrogen) atoms. The van der Waals surface area contributed by atoms with Crippen molar-refractivity contribution < 1.29 is 9.53 Å². The monoisotopic (exact) mass is 454 g/mol. The molecular weight excluding hydrogens is 420 g/mol. The van der Waals surface area contributed by atoms with Gasteiger partial charge in [0.25, 0.3) is 5.91 Å². The summed E-state index contributed by atoms with van der Waals surface area (Å²) >= 11 is 0. The summed E-state index contributed by atoms with van der Waals surface area (Å²) in [5.74, 6) is 2.28. The zero-order valence-corrected chi connectivity index (χ0v) is 20.4. The van der Waals surface area contributed by atoms with E-state index in [1.165, 1.54) is 36.8 Å². The Morgan fingerprint density at radius 1 is 1.00 bits per heavy atom. The summed E-state index contributed by atoms with van der Waals surface area (Å²) in [6.45, 7) is 6.49. The van der Waals surface area contributed by atoms with Gasteiger partial charge < -0.3 is 10.1 Å². The van der Waals surface area contributed by atoms with Crippen molar-refractivity contribution in [3.05, 3.63) is 95.3 Å². The fraction of sp³-hybridized carbons (Fsp3) is 0.400. The summed E-state index contributed by atoms with van der Waals surface area (Å²) in [6, 6.07) is 22.9. The van der Waals surface area contributed by atoms with E-state index in [0.717, 1.165) is 22.9 Å². The van der Waals surface area contributed by atoms with Crippen molar-refractivity contribution in [2.24, 2.45) is 11.8 Å². The maximum Gasteiger partial charge on any atom is 0.251 e. The standard InChI is InChI=1S/C30H34N2O2/c1-29(2,3)32-28(33)22-8-11-23(12-9-22)30(19-21-7-10-25(30)18-21)24-13-15-27(16-14-24)34-20-26-6-4-5-17-31-26/h4-6,8-9,11-17,21,25H,7,10,18-20H2,1-3H3,(H,32,33)/t21-,25+,30-/m1/s1. The maximum atomic E-state index is 12.6. The van der Waals surface area contributed by atoms with Gasteiger partial charge in [-0.2, -0.15) is 0 Å². The predicted molar refractivity (Wildman–Crippen MR) is 135 cm³/mol. The number of benzene rings is 2. The van der Waals surface area contributed by atoms with Crippen molar-refractivity contribution in [3.63, 3.8) is 0 Å². The lowest BCUT2D eigenvalue weighted by Gasteiger charge is -2.39. The van der Waals surface area contributed by atoms with E-state index >= 15 is 0 Å². The molecule has 1 amide bonds. The van der Waals surface area contributed by atoms with Gasteiger partial charge in [0.15, 0.2) is 0 Å². The number of amides is 1. The van der Waals surface area contributed by atoms with Crippen molar-refractivity contribution in [1.82, 2.24) is 10.3 Å². The first-order chi connectivity index (χ1) is 16.3. The molecule has 0 aliphatic heterocycles. The Bertz CT molecular complexity index is 1130. The molecule has 2 bridgehead atoms. The van der Waals surface area contributed by atoms with Crippen LogP contribution in [0.1, 0.15) is 73.6 Å². The second kappa shape index (κ2) is 8.90. The van der Waals surface area contributed by atoms with Crippen LogP contribution in [-0.2, 0) is 12.0 Å². The zero-order valence-electron chi connectivity index (χ0n) is 20.4. The van der Waals surface area contributed by atoms with Gasteiger partial charge in [0.1, 0.15) is 12.4 Å². The average molecular weight is 455 g/mol. The van der Waals surface area contributed by atoms with Crippen molar-refractivity contribution >= 4 is 5.91 Å². The van der Waals surface area contributed by atoms with E-state index in [0.29, 0.717) is 12.5 Å². The van der Waals surface area contributed by atoms with Gasteiger partial charge in [-0.05, 0) is 99.4 Å². The molecule has 0 saturated heterocycles. The van der Waals surface area contributed by atoms with E-state index in [1.807, 2.05) is 51.1 Å². The van der Waals surface area contributed by atoms with Gasteiger partial charge in [-0.15, -0.1) is 0 Å². The van der Waals surface area contributed by atoms with Crippen molar-refractivity contribution in [3.8, 4) is 5.75 Å². The Balaban J connectivity index is 1.39. The summed E-state index contributed by atoms with van der Waals surface area (Å²) < 4.78 is 5.99. The molecule has 0 unspecified atom stereocenters. The van der Waals surface area contributed by atoms with Crippen LogP contribution in [0.15, 0.2) is 72.9 Å². The number of pyridine rings is 1. The van der Waals surface area contributed by atoms with Crippen LogP contribution in [0.2, 0.25) is 0 Å². The van der Waals surface area contributed by atoms with Gasteiger partial charge in [-0.3, -0.25) is 9.78 Å². The fourth-order valence-electron chi connectivity index (χ4n) is 6.02. The first-order valence-electron chi connectivity index (χ1n) is 12.4. The van der Waals surface area contributed by atoms with Crippen LogP contribution in [0.3, 0.4) is 0 Å². The molecular formula is C30H34N2O2. The number of rotatable bonds is 6. The third kappa shape index (κ3) is 4.46. The predicted octanol–water partition coefficient (Wildman–Crippen LogP) is 6.30. The van der Waals surface area contributed by atoms with Crippen LogP contribution >= 0.6 is 0 Å². The lowest BCUT2D eigenvalue weighted by molar-refractivity contribution is 0.0919. The Hall–Kier alpha value is -3.14. The summed E-state index contributed by atoms with van der Waals surface area (Å²) in [6.07, 6.45) is 6.88. The highest BCUT2D eigenvalue weighted by molar-refractivity contribution is 5.94. The molecule has 2 aliphatic carbocycles. The molecule has 0 spiro atoms. The summed E-state index contributed by atoms with van der Waals surface area (Å²) in [5, 5.41) is 3.07. The quantitative estimate of drug-likeness (QED) is 0.476. The zero-order chi connectivity index (χ0) is 23.8. The first-order valence-corrected chi connectivity index (χ1v) is 12.4. The molecule has 1 aromatic heterocycles. The molecule has 0 radical (unpaired) electrons. The second-order valence-corrected chi connectivity index (χ2v) is 11.0. The number of fused-ring (bicyclic) bond motifs is 2.